The van der Waals surface area contributed by atoms with Gasteiger partial charge in [-0.25, -0.2) is 42.8 Å². The molecular weight excluding hydrogens is 1400 g/mol. The smallest absolute Gasteiger partial charge is 0.341 e. The molecule has 550 valence electrons. The first-order valence-electron chi connectivity index (χ1n) is 34.1. The molecule has 0 saturated carbocycles. The first kappa shape index (κ1) is 78.5. The van der Waals surface area contributed by atoms with Crippen LogP contribution in [0.4, 0.5) is 5.82 Å². The number of hydrogen-bond acceptors (Lipinski definition) is 26. The number of carbonyl (C=O) groups is 1. The van der Waals surface area contributed by atoms with Crippen LogP contribution in [0.15, 0.2) is 157 Å². The van der Waals surface area contributed by atoms with Crippen molar-refractivity contribution in [2.24, 2.45) is 33.5 Å². The number of nitrogen functional groups attached to an aromatic ring is 1. The van der Waals surface area contributed by atoms with Crippen molar-refractivity contribution < 1.29 is 48.9 Å². The third-order valence-corrected chi connectivity index (χ3v) is 24.0. The number of hydrogen-bond donors (Lipinski definition) is 5. The van der Waals surface area contributed by atoms with Gasteiger partial charge in [0.2, 0.25) is 0 Å². The molecule has 6 N–H and O–H groups in total. The Morgan fingerprint density at radius 2 is 0.867 bits per heavy atom. The SMILES string of the molecule is C=CC[C@@]1(c2ccc3c(N)ncnn23)O[C@H](CO)[C@@H](O)[C@@]1(C)C#N.C=CC[C@@]1(c2ccc3c(SC)ncnn23)O[C@H](CC)[C@@H](C)[C@@]1(C)C#N.C=CC[C@@]1(c2ccc3c(SC)ncnn23)O[C@H](CO)[C@@H](O)[C@@]1(C)C#N.CC[C@H]1OC(OC(=O)c2ccccc2)(c2ccc3c(SC)ncnn23)[C@](C)(C#N)[C@@H]1C. The maximum atomic E-state index is 13.2. The number of nitriles is 4. The summed E-state index contributed by atoms with van der Waals surface area (Å²) in [6.07, 6.45) is 15.1. The zero-order chi connectivity index (χ0) is 76.2. The molecule has 1 unspecified atom stereocenters. The van der Waals surface area contributed by atoms with Gasteiger partial charge in [-0.2, -0.15) is 41.4 Å². The van der Waals surface area contributed by atoms with Gasteiger partial charge in [-0.1, -0.05) is 64.1 Å². The van der Waals surface area contributed by atoms with E-state index in [1.807, 2.05) is 92.6 Å². The summed E-state index contributed by atoms with van der Waals surface area (Å²) in [6.45, 7) is 25.9. The van der Waals surface area contributed by atoms with Crippen LogP contribution in [-0.2, 0) is 46.3 Å². The topological polar surface area (TPSA) is 386 Å². The fourth-order valence-corrected chi connectivity index (χ4v) is 17.1. The number of aliphatic hydroxyl groups is 4. The highest BCUT2D eigenvalue weighted by Gasteiger charge is 2.69. The second-order valence-electron chi connectivity index (χ2n) is 26.9. The van der Waals surface area contributed by atoms with Crippen LogP contribution in [0.3, 0.4) is 0 Å². The van der Waals surface area contributed by atoms with Gasteiger partial charge in [0.15, 0.2) is 5.82 Å². The average Bonchev–Trinajstić information content (AvgIpc) is 1.54. The molecule has 0 amide bonds. The highest BCUT2D eigenvalue weighted by atomic mass is 32.2. The second-order valence-corrected chi connectivity index (χ2v) is 29.3. The molecule has 4 aliphatic rings. The number of nitrogens with two attached hydrogens (primary N) is 1. The van der Waals surface area contributed by atoms with Crippen LogP contribution in [0, 0.1) is 78.8 Å². The van der Waals surface area contributed by atoms with E-state index in [0.29, 0.717) is 46.8 Å². The molecule has 105 heavy (non-hydrogen) atoms. The van der Waals surface area contributed by atoms with Crippen molar-refractivity contribution in [1.29, 1.82) is 21.0 Å². The van der Waals surface area contributed by atoms with Crippen molar-refractivity contribution in [2.75, 3.05) is 37.7 Å². The summed E-state index contributed by atoms with van der Waals surface area (Å²) in [5, 5.41) is 100. The largest absolute Gasteiger partial charge is 0.421 e. The summed E-state index contributed by atoms with van der Waals surface area (Å²) in [5.41, 5.74) is 4.27. The number of nitrogens with zero attached hydrogens (tertiary/aromatic N) is 16. The Labute approximate surface area is 621 Å². The number of aromatic nitrogens is 12. The fraction of sp³-hybridized carbons (Fsp3) is 0.453. The van der Waals surface area contributed by atoms with Crippen LogP contribution in [-0.4, -0.2) is 153 Å². The number of carbonyl (C=O) groups excluding carboxylic acids is 1. The van der Waals surface area contributed by atoms with Crippen LogP contribution < -0.4 is 5.73 Å². The zero-order valence-electron chi connectivity index (χ0n) is 60.4. The van der Waals surface area contributed by atoms with Gasteiger partial charge in [-0.05, 0) is 120 Å². The summed E-state index contributed by atoms with van der Waals surface area (Å²) in [5.74, 6) is -1.97. The van der Waals surface area contributed by atoms with E-state index in [9.17, 15) is 46.3 Å². The van der Waals surface area contributed by atoms with E-state index < -0.39 is 81.2 Å². The van der Waals surface area contributed by atoms with Crippen molar-refractivity contribution >= 4 is 69.1 Å². The Balaban J connectivity index is 0.000000151. The van der Waals surface area contributed by atoms with Gasteiger partial charge < -0.3 is 49.8 Å². The number of benzene rings is 1. The molecule has 0 radical (unpaired) electrons. The van der Waals surface area contributed by atoms with Crippen molar-refractivity contribution in [3.05, 3.63) is 170 Å². The first-order chi connectivity index (χ1) is 50.3. The van der Waals surface area contributed by atoms with E-state index in [4.69, 9.17) is 29.4 Å². The maximum Gasteiger partial charge on any atom is 0.341 e. The minimum Gasteiger partial charge on any atom is -0.421 e. The van der Waals surface area contributed by atoms with Crippen LogP contribution in [0.2, 0.25) is 0 Å². The lowest BCUT2D eigenvalue weighted by atomic mass is 9.65. The van der Waals surface area contributed by atoms with E-state index in [2.05, 4.69) is 98.2 Å². The van der Waals surface area contributed by atoms with Crippen LogP contribution in [0.25, 0.3) is 22.1 Å². The molecule has 4 aliphatic heterocycles. The number of aliphatic hydroxyl groups excluding tert-OH is 4. The number of rotatable bonds is 19. The molecule has 4 saturated heterocycles. The molecule has 27 nitrogen and oxygen atoms in total. The molecule has 13 rings (SSSR count). The summed E-state index contributed by atoms with van der Waals surface area (Å²) in [6, 6.07) is 33.0. The monoisotopic (exact) mass is 1480 g/mol. The molecule has 12 heterocycles. The zero-order valence-corrected chi connectivity index (χ0v) is 62.9. The van der Waals surface area contributed by atoms with Crippen molar-refractivity contribution in [2.45, 2.75) is 162 Å². The van der Waals surface area contributed by atoms with Gasteiger partial charge in [-0.3, -0.25) is 0 Å². The minimum atomic E-state index is -1.63. The third-order valence-electron chi connectivity index (χ3n) is 21.9. The highest BCUT2D eigenvalue weighted by molar-refractivity contribution is 7.99. The summed E-state index contributed by atoms with van der Waals surface area (Å²) < 4.78 is 38.1. The normalized spacial score (nSPS) is 30.9. The Bertz CT molecular complexity index is 4740. The molecule has 9 aromatic rings. The Hall–Kier alpha value is -9.12. The number of esters is 1. The van der Waals surface area contributed by atoms with Crippen LogP contribution >= 0.6 is 35.3 Å². The number of anilines is 1. The molecule has 0 aliphatic carbocycles. The van der Waals surface area contributed by atoms with Gasteiger partial charge in [0, 0.05) is 31.1 Å². The van der Waals surface area contributed by atoms with Gasteiger partial charge >= 0.3 is 5.97 Å². The molecule has 4 fully saturated rings. The van der Waals surface area contributed by atoms with Crippen molar-refractivity contribution in [3.63, 3.8) is 0 Å². The fourth-order valence-electron chi connectivity index (χ4n) is 15.6. The van der Waals surface area contributed by atoms with Crippen LogP contribution in [0.5, 0.6) is 0 Å². The van der Waals surface area contributed by atoms with Crippen LogP contribution in [0.1, 0.15) is 121 Å². The standard InChI is InChI=1S/C23H24N4O3S.C19H24N4OS.C17H20N4O3S.C16H19N5O3/c1-5-18-15(2)22(3,13-24)23(29-18,30-21(28)16-9-7-6-8-10-16)19-12-11-17-20(31-4)25-14-26-27(17)19;1-6-10-19(18(4,11-20)13(3)15(7-2)24-19)16-9-8-14-17(25-5)21-12-22-23(14)16;1-4-7-17(16(2,9-18)14(23)12(8-22)24-17)13-6-5-11-15(25-3)19-10-20-21(11)13;1-3-6-16(15(2,8-17)13(23)11(7-22)24-16)12-5-4-10-14(18)19-9-20-21(10)12/h6-12,14-15,18H,5H2,1-4H3;6,8-9,12-13,15H,1,7,10H2,2-5H3;4-6,10,12,14,22-23H,1,7-8H2,2-3H3;3-5,9,11,13,22-23H,1,6-7H2,2H3,(H2,18,19,20)/t15-,18-,22-,23?;13-,15-,18-,19+;12-,14-,16-,17+;11-,13-,15-,16+/m1111/s1. The first-order valence-corrected chi connectivity index (χ1v) is 37.8. The van der Waals surface area contributed by atoms with Gasteiger partial charge in [0.25, 0.3) is 5.79 Å². The van der Waals surface area contributed by atoms with Gasteiger partial charge in [0.1, 0.15) is 109 Å². The Morgan fingerprint density at radius 3 is 1.25 bits per heavy atom. The molecule has 30 heteroatoms. The van der Waals surface area contributed by atoms with E-state index in [1.165, 1.54) is 42.5 Å². The Kier molecular flexibility index (Phi) is 23.3. The van der Waals surface area contributed by atoms with Gasteiger partial charge in [-0.15, -0.1) is 55.0 Å². The van der Waals surface area contributed by atoms with Crippen molar-refractivity contribution in [1.82, 2.24) is 58.4 Å². The molecule has 16 atom stereocenters. The quantitative estimate of drug-likeness (QED) is 0.0285. The van der Waals surface area contributed by atoms with E-state index in [1.54, 1.807) is 101 Å². The Morgan fingerprint density at radius 1 is 0.524 bits per heavy atom. The van der Waals surface area contributed by atoms with Gasteiger partial charge in [0.05, 0.1) is 94.3 Å². The lowest BCUT2D eigenvalue weighted by molar-refractivity contribution is -0.237. The van der Waals surface area contributed by atoms with E-state index in [-0.39, 0.29) is 43.5 Å². The van der Waals surface area contributed by atoms with Crippen molar-refractivity contribution in [3.8, 4) is 24.3 Å². The highest BCUT2D eigenvalue weighted by Crippen LogP contribution is 2.61. The molecule has 0 spiro atoms. The van der Waals surface area contributed by atoms with E-state index >= 15 is 0 Å². The summed E-state index contributed by atoms with van der Waals surface area (Å²) in [4.78, 5) is 30.1. The average molecular weight is 1480 g/mol. The maximum absolute atomic E-state index is 13.2. The molecular formula is C75H87N17O10S3. The lowest BCUT2D eigenvalue weighted by Gasteiger charge is -2.38. The third kappa shape index (κ3) is 12.3. The summed E-state index contributed by atoms with van der Waals surface area (Å²) in [7, 11) is 0. The number of ether oxygens (including phenoxy) is 5. The lowest BCUT2D eigenvalue weighted by Crippen LogP contribution is -2.47. The predicted octanol–water partition coefficient (Wildman–Crippen LogP) is 10.5. The molecule has 0 bridgehead atoms. The second kappa shape index (κ2) is 31.1. The number of fused-ring (bicyclic) bond motifs is 4. The number of thioether (sulfide) groups is 3. The predicted molar refractivity (Wildman–Crippen MR) is 394 cm³/mol. The minimum absolute atomic E-state index is 0.0250. The molecule has 8 aromatic heterocycles. The summed E-state index contributed by atoms with van der Waals surface area (Å²) >= 11 is 4.56. The van der Waals surface area contributed by atoms with E-state index in [0.717, 1.165) is 43.7 Å². The molecule has 1 aromatic carbocycles.